The monoisotopic (exact) mass is 774 g/mol. The fourth-order valence-electron chi connectivity index (χ4n) is 6.62. The van der Waals surface area contributed by atoms with E-state index in [1.54, 1.807) is 37.2 Å². The second-order valence-corrected chi connectivity index (χ2v) is 13.5. The molecule has 12 heteroatoms. The molecule has 10 aromatic heterocycles. The molecule has 60 heavy (non-hydrogen) atoms. The van der Waals surface area contributed by atoms with Gasteiger partial charge in [0, 0.05) is 53.9 Å². The van der Waals surface area contributed by atoms with Gasteiger partial charge >= 0.3 is 0 Å². The second-order valence-electron chi connectivity index (χ2n) is 13.5. The summed E-state index contributed by atoms with van der Waals surface area (Å²) in [6.07, 6.45) is 10.5. The lowest BCUT2D eigenvalue weighted by Crippen LogP contribution is -2.03. The van der Waals surface area contributed by atoms with Crippen LogP contribution in [0.5, 0.6) is 0 Å². The van der Waals surface area contributed by atoms with Gasteiger partial charge < -0.3 is 0 Å². The quantitative estimate of drug-likeness (QED) is 0.137. The summed E-state index contributed by atoms with van der Waals surface area (Å²) in [7, 11) is 0. The maximum Gasteiger partial charge on any atom is 0.164 e. The van der Waals surface area contributed by atoms with E-state index in [4.69, 9.17) is 29.9 Å². The predicted octanol–water partition coefficient (Wildman–Crippen LogP) is 9.43. The van der Waals surface area contributed by atoms with Crippen LogP contribution in [0.15, 0.2) is 183 Å². The predicted molar refractivity (Wildman–Crippen MR) is 229 cm³/mol. The van der Waals surface area contributed by atoms with Gasteiger partial charge in [0.25, 0.3) is 0 Å². The zero-order valence-corrected chi connectivity index (χ0v) is 31.7. The van der Waals surface area contributed by atoms with Gasteiger partial charge in [-0.2, -0.15) is 0 Å². The summed E-state index contributed by atoms with van der Waals surface area (Å²) < 4.78 is 0. The Bertz CT molecular complexity index is 2550. The van der Waals surface area contributed by atoms with E-state index >= 15 is 0 Å². The average Bonchev–Trinajstić information content (AvgIpc) is 3.35. The average molecular weight is 775 g/mol. The van der Waals surface area contributed by atoms with Gasteiger partial charge in [-0.1, -0.05) is 36.4 Å². The van der Waals surface area contributed by atoms with Gasteiger partial charge in [-0.15, -0.1) is 0 Å². The number of aromatic nitrogens is 12. The zero-order valence-electron chi connectivity index (χ0n) is 31.7. The Balaban J connectivity index is 1.24. The summed E-state index contributed by atoms with van der Waals surface area (Å²) in [4.78, 5) is 58.4. The summed E-state index contributed by atoms with van der Waals surface area (Å²) in [6, 6.07) is 46.0. The highest BCUT2D eigenvalue weighted by molar-refractivity contribution is 5.78. The van der Waals surface area contributed by atoms with Crippen molar-refractivity contribution in [1.82, 2.24) is 59.8 Å². The lowest BCUT2D eigenvalue weighted by molar-refractivity contribution is 1.07. The molecule has 0 radical (unpaired) electrons. The molecule has 10 rings (SSSR count). The van der Waals surface area contributed by atoms with Crippen LogP contribution in [0.1, 0.15) is 0 Å². The Morgan fingerprint density at radius 3 is 0.567 bits per heavy atom. The minimum atomic E-state index is 0.401. The first-order valence-electron chi connectivity index (χ1n) is 19.0. The molecule has 0 spiro atoms. The molecule has 0 bridgehead atoms. The first-order valence-corrected chi connectivity index (χ1v) is 19.0. The molecule has 0 aliphatic carbocycles. The van der Waals surface area contributed by atoms with E-state index in [2.05, 4.69) is 29.9 Å². The van der Waals surface area contributed by atoms with Gasteiger partial charge in [0.05, 0.1) is 68.3 Å². The largest absolute Gasteiger partial charge is 0.255 e. The minimum absolute atomic E-state index is 0.401. The SMILES string of the molecule is c1ccc(-c2cc(-c3nc(-c4cc(-c5ccccn5)nc(-c5ccccn5)c4)nc(-c4cc(-c5ccccn5)nc(-c5ccccn5)c4)n3)cc(-c3ccccn3)n2)nc1. The molecular formula is C48H30N12. The van der Waals surface area contributed by atoms with Gasteiger partial charge in [-0.25, -0.2) is 29.9 Å². The first-order chi connectivity index (χ1) is 29.7. The summed E-state index contributed by atoms with van der Waals surface area (Å²) in [5.74, 6) is 1.20. The molecule has 0 saturated carbocycles. The molecule has 282 valence electrons. The Labute approximate surface area is 344 Å². The normalized spacial score (nSPS) is 11.0. The molecule has 10 aromatic rings. The Hall–Kier alpha value is -8.64. The van der Waals surface area contributed by atoms with Crippen molar-refractivity contribution in [1.29, 1.82) is 0 Å². The van der Waals surface area contributed by atoms with Gasteiger partial charge in [0.1, 0.15) is 0 Å². The highest BCUT2D eigenvalue weighted by Crippen LogP contribution is 2.34. The van der Waals surface area contributed by atoms with Crippen molar-refractivity contribution >= 4 is 0 Å². The van der Waals surface area contributed by atoms with E-state index in [1.165, 1.54) is 0 Å². The molecular weight excluding hydrogens is 745 g/mol. The lowest BCUT2D eigenvalue weighted by atomic mass is 10.1. The summed E-state index contributed by atoms with van der Waals surface area (Å²) in [6.45, 7) is 0. The van der Waals surface area contributed by atoms with Crippen LogP contribution in [0.3, 0.4) is 0 Å². The molecule has 0 aliphatic heterocycles. The standard InChI is InChI=1S/C48H30N12/c1-7-19-49-34(13-1)40-25-31(26-41(55-40)35-14-2-8-20-50-35)46-58-47(32-27-42(36-15-3-9-21-51-36)56-43(28-32)37-16-4-10-22-52-37)60-48(59-46)33-29-44(38-17-5-11-23-53-38)57-45(30-33)39-18-6-12-24-54-39/h1-30H. The van der Waals surface area contributed by atoms with Gasteiger partial charge in [-0.05, 0) is 109 Å². The van der Waals surface area contributed by atoms with Crippen molar-refractivity contribution in [2.75, 3.05) is 0 Å². The fourth-order valence-corrected chi connectivity index (χ4v) is 6.62. The topological polar surface area (TPSA) is 155 Å². The van der Waals surface area contributed by atoms with Crippen LogP contribution in [-0.4, -0.2) is 59.8 Å². The zero-order chi connectivity index (χ0) is 40.1. The van der Waals surface area contributed by atoms with Crippen LogP contribution in [0.2, 0.25) is 0 Å². The fraction of sp³-hybridized carbons (Fsp3) is 0. The van der Waals surface area contributed by atoms with Crippen LogP contribution in [0.4, 0.5) is 0 Å². The molecule has 0 aliphatic rings. The van der Waals surface area contributed by atoms with Crippen molar-refractivity contribution < 1.29 is 0 Å². The van der Waals surface area contributed by atoms with Crippen LogP contribution < -0.4 is 0 Å². The molecule has 0 saturated heterocycles. The molecule has 0 aromatic carbocycles. The van der Waals surface area contributed by atoms with Crippen molar-refractivity contribution in [2.45, 2.75) is 0 Å². The van der Waals surface area contributed by atoms with Crippen molar-refractivity contribution in [2.24, 2.45) is 0 Å². The molecule has 0 unspecified atom stereocenters. The van der Waals surface area contributed by atoms with E-state index in [9.17, 15) is 0 Å². The Morgan fingerprint density at radius 2 is 0.400 bits per heavy atom. The number of hydrogen-bond donors (Lipinski definition) is 0. The highest BCUT2D eigenvalue weighted by atomic mass is 15.0. The van der Waals surface area contributed by atoms with E-state index in [-0.39, 0.29) is 0 Å². The Morgan fingerprint density at radius 1 is 0.200 bits per heavy atom. The minimum Gasteiger partial charge on any atom is -0.255 e. The third kappa shape index (κ3) is 7.59. The molecule has 12 nitrogen and oxygen atoms in total. The summed E-state index contributed by atoms with van der Waals surface area (Å²) >= 11 is 0. The number of hydrogen-bond acceptors (Lipinski definition) is 12. The summed E-state index contributed by atoms with van der Waals surface area (Å²) in [5.41, 5.74) is 9.99. The number of rotatable bonds is 9. The molecule has 0 fully saturated rings. The van der Waals surface area contributed by atoms with Crippen molar-refractivity contribution in [3.05, 3.63) is 183 Å². The van der Waals surface area contributed by atoms with Gasteiger partial charge in [0.15, 0.2) is 17.5 Å². The number of nitrogens with zero attached hydrogens (tertiary/aromatic N) is 12. The van der Waals surface area contributed by atoms with Gasteiger partial charge in [0.2, 0.25) is 0 Å². The van der Waals surface area contributed by atoms with E-state index in [0.717, 1.165) is 0 Å². The Kier molecular flexibility index (Phi) is 9.58. The van der Waals surface area contributed by atoms with Crippen LogP contribution in [0.25, 0.3) is 102 Å². The maximum atomic E-state index is 5.20. The second kappa shape index (κ2) is 16.1. The van der Waals surface area contributed by atoms with E-state index in [1.807, 2.05) is 146 Å². The summed E-state index contributed by atoms with van der Waals surface area (Å²) in [5, 5.41) is 0. The van der Waals surface area contributed by atoms with Crippen LogP contribution in [0, 0.1) is 0 Å². The van der Waals surface area contributed by atoms with Crippen molar-refractivity contribution in [3.8, 4) is 102 Å². The highest BCUT2D eigenvalue weighted by Gasteiger charge is 2.20. The maximum absolute atomic E-state index is 5.20. The molecule has 0 atom stereocenters. The van der Waals surface area contributed by atoms with Gasteiger partial charge in [-0.3, -0.25) is 29.9 Å². The van der Waals surface area contributed by atoms with E-state index < -0.39 is 0 Å². The third-order valence-corrected chi connectivity index (χ3v) is 9.45. The van der Waals surface area contributed by atoms with Crippen LogP contribution >= 0.6 is 0 Å². The molecule has 10 heterocycles. The molecule has 0 N–H and O–H groups in total. The van der Waals surface area contributed by atoms with E-state index in [0.29, 0.717) is 102 Å². The first kappa shape index (κ1) is 35.8. The molecule has 0 amide bonds. The van der Waals surface area contributed by atoms with Crippen molar-refractivity contribution in [3.63, 3.8) is 0 Å². The number of pyridine rings is 9. The third-order valence-electron chi connectivity index (χ3n) is 9.45. The van der Waals surface area contributed by atoms with Crippen LogP contribution in [-0.2, 0) is 0 Å². The smallest absolute Gasteiger partial charge is 0.164 e. The lowest BCUT2D eigenvalue weighted by Gasteiger charge is -2.13.